The van der Waals surface area contributed by atoms with Crippen molar-refractivity contribution in [3.05, 3.63) is 21.9 Å². The minimum absolute atomic E-state index is 0.0379. The highest BCUT2D eigenvalue weighted by Gasteiger charge is 2.11. The van der Waals surface area contributed by atoms with Crippen LogP contribution in [0.1, 0.15) is 10.4 Å². The highest BCUT2D eigenvalue weighted by molar-refractivity contribution is 7.99. The normalized spacial score (nSPS) is 10.6. The van der Waals surface area contributed by atoms with Gasteiger partial charge in [-0.3, -0.25) is 4.79 Å². The maximum atomic E-state index is 10.5. The number of carboxylic acids is 1. The highest BCUT2D eigenvalue weighted by atomic mass is 32.2. The second-order valence-electron chi connectivity index (χ2n) is 3.33. The molecule has 0 saturated carbocycles. The second-order valence-corrected chi connectivity index (χ2v) is 5.27. The Morgan fingerprint density at radius 3 is 3.12 bits per heavy atom. The number of rotatable bonds is 5. The van der Waals surface area contributed by atoms with Gasteiger partial charge in [0.25, 0.3) is 0 Å². The Morgan fingerprint density at radius 1 is 1.65 bits per heavy atom. The molecule has 6 nitrogen and oxygen atoms in total. The molecule has 0 fully saturated rings. The van der Waals surface area contributed by atoms with Gasteiger partial charge in [0.1, 0.15) is 0 Å². The van der Waals surface area contributed by atoms with Crippen molar-refractivity contribution in [2.24, 2.45) is 0 Å². The van der Waals surface area contributed by atoms with Crippen LogP contribution in [0.15, 0.2) is 16.6 Å². The van der Waals surface area contributed by atoms with E-state index in [0.717, 1.165) is 11.8 Å². The molecule has 0 atom stereocenters. The number of aromatic nitrogens is 4. The van der Waals surface area contributed by atoms with Crippen LogP contribution in [-0.4, -0.2) is 37.0 Å². The first-order valence-electron chi connectivity index (χ1n) is 4.80. The van der Waals surface area contributed by atoms with E-state index in [1.807, 2.05) is 18.4 Å². The maximum Gasteiger partial charge on any atom is 0.313 e. The number of carboxylic acid groups (broad SMARTS) is 1. The smallest absolute Gasteiger partial charge is 0.313 e. The van der Waals surface area contributed by atoms with E-state index in [9.17, 15) is 4.79 Å². The third kappa shape index (κ3) is 3.04. The molecule has 0 unspecified atom stereocenters. The van der Waals surface area contributed by atoms with Gasteiger partial charge in [-0.05, 0) is 34.4 Å². The first kappa shape index (κ1) is 12.1. The van der Waals surface area contributed by atoms with Crippen molar-refractivity contribution >= 4 is 29.1 Å². The van der Waals surface area contributed by atoms with Crippen LogP contribution in [0.5, 0.6) is 0 Å². The lowest BCUT2D eigenvalue weighted by Gasteiger charge is -2.02. The molecular weight excluding hydrogens is 260 g/mol. The van der Waals surface area contributed by atoms with Crippen LogP contribution in [0.25, 0.3) is 0 Å². The van der Waals surface area contributed by atoms with Gasteiger partial charge in [-0.25, -0.2) is 4.68 Å². The van der Waals surface area contributed by atoms with Crippen LogP contribution < -0.4 is 0 Å². The summed E-state index contributed by atoms with van der Waals surface area (Å²) in [6.07, 6.45) is 0. The van der Waals surface area contributed by atoms with Gasteiger partial charge in [0.2, 0.25) is 5.16 Å². The van der Waals surface area contributed by atoms with Crippen molar-refractivity contribution in [2.45, 2.75) is 18.6 Å². The summed E-state index contributed by atoms with van der Waals surface area (Å²) >= 11 is 2.76. The van der Waals surface area contributed by atoms with Gasteiger partial charge >= 0.3 is 5.97 Å². The standard InChI is InChI=1S/C9H10N4O2S2/c1-6-2-3-16-7(6)4-13-9(10-11-12-13)17-5-8(14)15/h2-3H,4-5H2,1H3,(H,14,15). The molecule has 90 valence electrons. The third-order valence-corrected chi connectivity index (χ3v) is 4.03. The van der Waals surface area contributed by atoms with E-state index in [4.69, 9.17) is 5.11 Å². The summed E-state index contributed by atoms with van der Waals surface area (Å²) < 4.78 is 1.62. The van der Waals surface area contributed by atoms with Crippen LogP contribution >= 0.6 is 23.1 Å². The maximum absolute atomic E-state index is 10.5. The van der Waals surface area contributed by atoms with E-state index in [1.165, 1.54) is 10.4 Å². The Labute approximate surface area is 106 Å². The number of aliphatic carboxylic acids is 1. The Hall–Kier alpha value is -1.41. The van der Waals surface area contributed by atoms with Gasteiger partial charge in [0.05, 0.1) is 12.3 Å². The van der Waals surface area contributed by atoms with E-state index < -0.39 is 5.97 Å². The van der Waals surface area contributed by atoms with Crippen molar-refractivity contribution in [3.63, 3.8) is 0 Å². The molecule has 1 N–H and O–H groups in total. The van der Waals surface area contributed by atoms with Gasteiger partial charge < -0.3 is 5.11 Å². The molecule has 0 aliphatic rings. The van der Waals surface area contributed by atoms with Crippen LogP contribution in [0.2, 0.25) is 0 Å². The molecule has 0 aliphatic heterocycles. The summed E-state index contributed by atoms with van der Waals surface area (Å²) in [6, 6.07) is 2.04. The third-order valence-electron chi connectivity index (χ3n) is 2.09. The van der Waals surface area contributed by atoms with Crippen molar-refractivity contribution in [1.82, 2.24) is 20.2 Å². The van der Waals surface area contributed by atoms with Crippen molar-refractivity contribution in [3.8, 4) is 0 Å². The summed E-state index contributed by atoms with van der Waals surface area (Å²) in [5.74, 6) is -0.916. The lowest BCUT2D eigenvalue weighted by Crippen LogP contribution is -2.05. The number of thioether (sulfide) groups is 1. The SMILES string of the molecule is Cc1ccsc1Cn1nnnc1SCC(=O)O. The average molecular weight is 270 g/mol. The van der Waals surface area contributed by atoms with Crippen molar-refractivity contribution < 1.29 is 9.90 Å². The lowest BCUT2D eigenvalue weighted by atomic mass is 10.3. The first-order chi connectivity index (χ1) is 8.16. The van der Waals surface area contributed by atoms with Crippen LogP contribution in [0.3, 0.4) is 0 Å². The van der Waals surface area contributed by atoms with Crippen LogP contribution in [0.4, 0.5) is 0 Å². The zero-order valence-corrected chi connectivity index (χ0v) is 10.7. The van der Waals surface area contributed by atoms with Gasteiger partial charge in [0.15, 0.2) is 0 Å². The molecule has 0 radical (unpaired) electrons. The molecule has 0 bridgehead atoms. The predicted octanol–water partition coefficient (Wildman–Crippen LogP) is 1.27. The molecule has 0 spiro atoms. The molecule has 17 heavy (non-hydrogen) atoms. The quantitative estimate of drug-likeness (QED) is 0.824. The van der Waals surface area contributed by atoms with E-state index in [0.29, 0.717) is 11.7 Å². The second kappa shape index (κ2) is 5.28. The fourth-order valence-corrected chi connectivity index (χ4v) is 2.71. The predicted molar refractivity (Wildman–Crippen MR) is 64.3 cm³/mol. The zero-order valence-electron chi connectivity index (χ0n) is 9.03. The summed E-state index contributed by atoms with van der Waals surface area (Å²) in [5.41, 5.74) is 1.19. The number of carbonyl (C=O) groups is 1. The summed E-state index contributed by atoms with van der Waals surface area (Å²) in [7, 11) is 0. The number of hydrogen-bond donors (Lipinski definition) is 1. The van der Waals surface area contributed by atoms with Gasteiger partial charge in [-0.2, -0.15) is 0 Å². The van der Waals surface area contributed by atoms with Crippen LogP contribution in [-0.2, 0) is 11.3 Å². The van der Waals surface area contributed by atoms with Gasteiger partial charge in [-0.15, -0.1) is 16.4 Å². The fraction of sp³-hybridized carbons (Fsp3) is 0.333. The van der Waals surface area contributed by atoms with Crippen molar-refractivity contribution in [1.29, 1.82) is 0 Å². The number of aryl methyl sites for hydroxylation is 1. The summed E-state index contributed by atoms with van der Waals surface area (Å²) in [4.78, 5) is 11.7. The molecule has 2 rings (SSSR count). The number of hydrogen-bond acceptors (Lipinski definition) is 6. The molecule has 8 heteroatoms. The summed E-state index contributed by atoms with van der Waals surface area (Å²) in [5, 5.41) is 22.4. The molecule has 2 heterocycles. The fourth-order valence-electron chi connectivity index (χ4n) is 1.23. The molecule has 2 aromatic heterocycles. The van der Waals surface area contributed by atoms with E-state index in [2.05, 4.69) is 15.5 Å². The zero-order chi connectivity index (χ0) is 12.3. The Kier molecular flexibility index (Phi) is 3.75. The largest absolute Gasteiger partial charge is 0.481 e. The molecular formula is C9H10N4O2S2. The first-order valence-corrected chi connectivity index (χ1v) is 6.67. The number of thiophene rings is 1. The van der Waals surface area contributed by atoms with Crippen LogP contribution in [0, 0.1) is 6.92 Å². The number of tetrazole rings is 1. The van der Waals surface area contributed by atoms with Gasteiger partial charge in [-0.1, -0.05) is 11.8 Å². The summed E-state index contributed by atoms with van der Waals surface area (Å²) in [6.45, 7) is 2.61. The van der Waals surface area contributed by atoms with E-state index >= 15 is 0 Å². The number of nitrogens with zero attached hydrogens (tertiary/aromatic N) is 4. The Balaban J connectivity index is 2.09. The van der Waals surface area contributed by atoms with E-state index in [-0.39, 0.29) is 5.75 Å². The topological polar surface area (TPSA) is 80.9 Å². The minimum Gasteiger partial charge on any atom is -0.481 e. The van der Waals surface area contributed by atoms with Gasteiger partial charge in [0, 0.05) is 4.88 Å². The Morgan fingerprint density at radius 2 is 2.47 bits per heavy atom. The molecule has 2 aromatic rings. The minimum atomic E-state index is -0.878. The van der Waals surface area contributed by atoms with E-state index in [1.54, 1.807) is 16.0 Å². The molecule has 0 aliphatic carbocycles. The van der Waals surface area contributed by atoms with Crippen molar-refractivity contribution in [2.75, 3.05) is 5.75 Å². The monoisotopic (exact) mass is 270 g/mol. The molecule has 0 aromatic carbocycles. The average Bonchev–Trinajstić information content (AvgIpc) is 2.87. The molecule has 0 amide bonds. The Bertz CT molecular complexity index is 523. The lowest BCUT2D eigenvalue weighted by molar-refractivity contribution is -0.133. The highest BCUT2D eigenvalue weighted by Crippen LogP contribution is 2.19. The molecule has 0 saturated heterocycles.